The Morgan fingerprint density at radius 3 is 2.59 bits per heavy atom. The number of nitrogens with zero attached hydrogens (tertiary/aromatic N) is 4. The maximum Gasteiger partial charge on any atom is 0.220 e. The molecule has 2 aromatic heterocycles. The van der Waals surface area contributed by atoms with Crippen molar-refractivity contribution >= 4 is 23.3 Å². The summed E-state index contributed by atoms with van der Waals surface area (Å²) in [5.74, 6) is 1.34. The molecule has 0 aliphatic heterocycles. The first-order chi connectivity index (χ1) is 13.9. The van der Waals surface area contributed by atoms with E-state index < -0.39 is 0 Å². The van der Waals surface area contributed by atoms with Crippen LogP contribution >= 0.6 is 11.6 Å². The number of carbonyl (C=O) groups excluding carboxylic acids is 1. The summed E-state index contributed by atoms with van der Waals surface area (Å²) in [4.78, 5) is 12.0. The first-order valence-corrected chi connectivity index (χ1v) is 9.94. The molecule has 8 heteroatoms. The average Bonchev–Trinajstić information content (AvgIpc) is 2.97. The van der Waals surface area contributed by atoms with Crippen LogP contribution in [0.25, 0.3) is 5.82 Å². The molecule has 2 N–H and O–H groups in total. The molecule has 7 nitrogen and oxygen atoms in total. The van der Waals surface area contributed by atoms with Crippen molar-refractivity contribution in [2.24, 2.45) is 0 Å². The van der Waals surface area contributed by atoms with E-state index in [0.717, 1.165) is 22.5 Å². The molecule has 1 amide bonds. The fraction of sp³-hybridized carbons (Fsp3) is 0.333. The lowest BCUT2D eigenvalue weighted by molar-refractivity contribution is -0.120. The van der Waals surface area contributed by atoms with Crippen LogP contribution in [-0.2, 0) is 11.2 Å². The minimum Gasteiger partial charge on any atom is -0.367 e. The SMILES string of the molecule is Cc1nn(-c2ccc(NCCNC(=O)CCc3cccc(Cl)c3)nn2)c(C)c1C. The molecule has 0 aliphatic rings. The number of aromatic nitrogens is 4. The number of hydrogen-bond donors (Lipinski definition) is 2. The number of hydrogen-bond acceptors (Lipinski definition) is 5. The van der Waals surface area contributed by atoms with Gasteiger partial charge in [-0.15, -0.1) is 10.2 Å². The average molecular weight is 413 g/mol. The maximum absolute atomic E-state index is 12.0. The highest BCUT2D eigenvalue weighted by Crippen LogP contribution is 2.15. The van der Waals surface area contributed by atoms with E-state index in [0.29, 0.717) is 42.6 Å². The lowest BCUT2D eigenvalue weighted by Gasteiger charge is -2.08. The number of rotatable bonds is 8. The Morgan fingerprint density at radius 2 is 1.93 bits per heavy atom. The third-order valence-corrected chi connectivity index (χ3v) is 5.04. The number of nitrogens with one attached hydrogen (secondary N) is 2. The first kappa shape index (κ1) is 20.8. The van der Waals surface area contributed by atoms with E-state index in [4.69, 9.17) is 11.6 Å². The summed E-state index contributed by atoms with van der Waals surface area (Å²) < 4.78 is 1.79. The molecular formula is C21H25ClN6O. The second-order valence-electron chi connectivity index (χ2n) is 6.89. The zero-order valence-corrected chi connectivity index (χ0v) is 17.6. The highest BCUT2D eigenvalue weighted by Gasteiger charge is 2.10. The number of amides is 1. The molecule has 3 aromatic rings. The third-order valence-electron chi connectivity index (χ3n) is 4.80. The van der Waals surface area contributed by atoms with Gasteiger partial charge in [-0.3, -0.25) is 4.79 Å². The van der Waals surface area contributed by atoms with E-state index in [1.54, 1.807) is 4.68 Å². The van der Waals surface area contributed by atoms with Crippen molar-refractivity contribution in [2.75, 3.05) is 18.4 Å². The van der Waals surface area contributed by atoms with E-state index >= 15 is 0 Å². The Hall–Kier alpha value is -2.93. The zero-order valence-electron chi connectivity index (χ0n) is 16.9. The van der Waals surface area contributed by atoms with E-state index in [-0.39, 0.29) is 5.91 Å². The fourth-order valence-corrected chi connectivity index (χ4v) is 3.12. The minimum atomic E-state index is 0.00750. The number of halogens is 1. The van der Waals surface area contributed by atoms with Gasteiger partial charge in [0.05, 0.1) is 5.69 Å². The summed E-state index contributed by atoms with van der Waals surface area (Å²) in [6.07, 6.45) is 1.09. The predicted octanol–water partition coefficient (Wildman–Crippen LogP) is 3.40. The van der Waals surface area contributed by atoms with Crippen LogP contribution in [0.4, 0.5) is 5.82 Å². The minimum absolute atomic E-state index is 0.00750. The topological polar surface area (TPSA) is 84.7 Å². The molecule has 0 saturated carbocycles. The molecule has 152 valence electrons. The molecule has 2 heterocycles. The monoisotopic (exact) mass is 412 g/mol. The lowest BCUT2D eigenvalue weighted by Crippen LogP contribution is -2.29. The Balaban J connectivity index is 1.41. The number of aryl methyl sites for hydroxylation is 2. The maximum atomic E-state index is 12.0. The van der Waals surface area contributed by atoms with Crippen LogP contribution in [0.15, 0.2) is 36.4 Å². The quantitative estimate of drug-likeness (QED) is 0.554. The van der Waals surface area contributed by atoms with Gasteiger partial charge < -0.3 is 10.6 Å². The van der Waals surface area contributed by atoms with Crippen LogP contribution in [0.3, 0.4) is 0 Å². The molecular weight excluding hydrogens is 388 g/mol. The van der Waals surface area contributed by atoms with Gasteiger partial charge in [-0.05, 0) is 62.6 Å². The van der Waals surface area contributed by atoms with Crippen molar-refractivity contribution in [3.63, 3.8) is 0 Å². The molecule has 0 aliphatic carbocycles. The van der Waals surface area contributed by atoms with E-state index in [9.17, 15) is 4.79 Å². The Morgan fingerprint density at radius 1 is 1.10 bits per heavy atom. The zero-order chi connectivity index (χ0) is 20.8. The van der Waals surface area contributed by atoms with E-state index in [1.807, 2.05) is 57.2 Å². The van der Waals surface area contributed by atoms with Crippen molar-refractivity contribution in [3.05, 3.63) is 63.9 Å². The van der Waals surface area contributed by atoms with Gasteiger partial charge in [0.25, 0.3) is 0 Å². The molecule has 0 saturated heterocycles. The second-order valence-corrected chi connectivity index (χ2v) is 7.33. The normalized spacial score (nSPS) is 10.8. The standard InChI is InChI=1S/C21H25ClN6O/c1-14-15(2)27-28(16(14)3)20-9-8-19(25-26-20)23-11-12-24-21(29)10-7-17-5-4-6-18(22)13-17/h4-6,8-9,13H,7,10-12H2,1-3H3,(H,23,25)(H,24,29). The fourth-order valence-electron chi connectivity index (χ4n) is 2.91. The van der Waals surface area contributed by atoms with Crippen LogP contribution in [-0.4, -0.2) is 39.0 Å². The van der Waals surface area contributed by atoms with Gasteiger partial charge >= 0.3 is 0 Å². The molecule has 0 bridgehead atoms. The summed E-state index contributed by atoms with van der Waals surface area (Å²) in [6.45, 7) is 7.11. The smallest absolute Gasteiger partial charge is 0.220 e. The van der Waals surface area contributed by atoms with Crippen molar-refractivity contribution in [1.29, 1.82) is 0 Å². The van der Waals surface area contributed by atoms with E-state index in [2.05, 4.69) is 25.9 Å². The van der Waals surface area contributed by atoms with Gasteiger partial charge in [-0.25, -0.2) is 4.68 Å². The van der Waals surface area contributed by atoms with Crippen molar-refractivity contribution < 1.29 is 4.79 Å². The van der Waals surface area contributed by atoms with Crippen LogP contribution in [0.1, 0.15) is 28.9 Å². The van der Waals surface area contributed by atoms with Gasteiger partial charge in [-0.1, -0.05) is 23.7 Å². The van der Waals surface area contributed by atoms with Crippen LogP contribution in [0, 0.1) is 20.8 Å². The first-order valence-electron chi connectivity index (χ1n) is 9.56. The largest absolute Gasteiger partial charge is 0.367 e. The molecule has 1 aromatic carbocycles. The van der Waals surface area contributed by atoms with Crippen molar-refractivity contribution in [1.82, 2.24) is 25.3 Å². The van der Waals surface area contributed by atoms with Crippen LogP contribution in [0.5, 0.6) is 0 Å². The number of benzene rings is 1. The summed E-state index contributed by atoms with van der Waals surface area (Å²) in [5.41, 5.74) is 4.25. The Kier molecular flexibility index (Phi) is 6.82. The van der Waals surface area contributed by atoms with Crippen LogP contribution in [0.2, 0.25) is 5.02 Å². The Bertz CT molecular complexity index is 983. The number of carbonyl (C=O) groups is 1. The lowest BCUT2D eigenvalue weighted by atomic mass is 10.1. The summed E-state index contributed by atoms with van der Waals surface area (Å²) in [5, 5.41) is 19.7. The van der Waals surface area contributed by atoms with E-state index in [1.165, 1.54) is 0 Å². The molecule has 0 spiro atoms. The highest BCUT2D eigenvalue weighted by molar-refractivity contribution is 6.30. The highest BCUT2D eigenvalue weighted by atomic mass is 35.5. The van der Waals surface area contributed by atoms with Gasteiger partial charge in [0.15, 0.2) is 5.82 Å². The van der Waals surface area contributed by atoms with Crippen LogP contribution < -0.4 is 10.6 Å². The number of anilines is 1. The molecule has 0 atom stereocenters. The van der Waals surface area contributed by atoms with Crippen molar-refractivity contribution in [3.8, 4) is 5.82 Å². The molecule has 0 unspecified atom stereocenters. The molecule has 0 fully saturated rings. The summed E-state index contributed by atoms with van der Waals surface area (Å²) in [6, 6.07) is 11.3. The van der Waals surface area contributed by atoms with Gasteiger partial charge in [0, 0.05) is 30.2 Å². The van der Waals surface area contributed by atoms with Gasteiger partial charge in [-0.2, -0.15) is 5.10 Å². The second kappa shape index (κ2) is 9.52. The van der Waals surface area contributed by atoms with Gasteiger partial charge in [0.1, 0.15) is 5.82 Å². The van der Waals surface area contributed by atoms with Crippen molar-refractivity contribution in [2.45, 2.75) is 33.6 Å². The molecule has 29 heavy (non-hydrogen) atoms. The molecule has 3 rings (SSSR count). The molecule has 0 radical (unpaired) electrons. The summed E-state index contributed by atoms with van der Waals surface area (Å²) >= 11 is 5.96. The third kappa shape index (κ3) is 5.54. The Labute approximate surface area is 175 Å². The predicted molar refractivity (Wildman–Crippen MR) is 115 cm³/mol. The van der Waals surface area contributed by atoms with Gasteiger partial charge in [0.2, 0.25) is 5.91 Å². The summed E-state index contributed by atoms with van der Waals surface area (Å²) in [7, 11) is 0.